The number of nitrogens with zero attached hydrogens (tertiary/aromatic N) is 1. The highest BCUT2D eigenvalue weighted by Gasteiger charge is 2.08. The number of hydrogen-bond acceptors (Lipinski definition) is 2. The van der Waals surface area contributed by atoms with Crippen LogP contribution >= 0.6 is 0 Å². The quantitative estimate of drug-likeness (QED) is 0.881. The Kier molecular flexibility index (Phi) is 4.11. The van der Waals surface area contributed by atoms with Crippen LogP contribution in [0.5, 0.6) is 0 Å². The third-order valence-corrected chi connectivity index (χ3v) is 3.06. The second-order valence-corrected chi connectivity index (χ2v) is 4.19. The minimum absolute atomic E-state index is 0.111. The number of hydrogen-bond donors (Lipinski definition) is 1. The van der Waals surface area contributed by atoms with Gasteiger partial charge in [-0.15, -0.1) is 0 Å². The summed E-state index contributed by atoms with van der Waals surface area (Å²) in [5.74, 6) is 0. The second-order valence-electron chi connectivity index (χ2n) is 4.19. The van der Waals surface area contributed by atoms with Crippen molar-refractivity contribution in [1.29, 1.82) is 5.26 Å². The maximum atomic E-state index is 8.77. The number of benzene rings is 2. The summed E-state index contributed by atoms with van der Waals surface area (Å²) in [4.78, 5) is 0. The first-order valence-electron chi connectivity index (χ1n) is 6.04. The summed E-state index contributed by atoms with van der Waals surface area (Å²) in [6, 6.07) is 21.0. The van der Waals surface area contributed by atoms with Crippen LogP contribution in [0.25, 0.3) is 11.1 Å². The molecule has 2 aromatic rings. The van der Waals surface area contributed by atoms with Crippen molar-refractivity contribution < 1.29 is 0 Å². The summed E-state index contributed by atoms with van der Waals surface area (Å²) in [5, 5.41) is 11.9. The molecule has 0 aliphatic rings. The molecule has 0 fully saturated rings. The zero-order valence-electron chi connectivity index (χ0n) is 10.4. The maximum Gasteiger partial charge on any atom is 0.0641 e. The Bertz CT molecular complexity index is 523. The molecule has 0 bridgehead atoms. The number of rotatable bonds is 4. The molecule has 0 aliphatic carbocycles. The molecule has 0 amide bonds. The van der Waals surface area contributed by atoms with Crippen LogP contribution < -0.4 is 5.32 Å². The largest absolute Gasteiger partial charge is 0.312 e. The molecule has 0 spiro atoms. The van der Waals surface area contributed by atoms with Crippen LogP contribution in [0.3, 0.4) is 0 Å². The van der Waals surface area contributed by atoms with E-state index in [0.29, 0.717) is 6.42 Å². The lowest BCUT2D eigenvalue weighted by molar-refractivity contribution is 0.608. The van der Waals surface area contributed by atoms with Crippen LogP contribution in [0.15, 0.2) is 54.6 Å². The standard InChI is InChI=1S/C16H16N2/c1-18-16(11-12-17)15-9-7-14(8-10-15)13-5-3-2-4-6-13/h2-10,16,18H,11H2,1H3. The molecule has 0 saturated carbocycles. The van der Waals surface area contributed by atoms with Crippen molar-refractivity contribution >= 4 is 0 Å². The van der Waals surface area contributed by atoms with Crippen LogP contribution in [-0.4, -0.2) is 7.05 Å². The molecular formula is C16H16N2. The molecule has 1 N–H and O–H groups in total. The lowest BCUT2D eigenvalue weighted by Crippen LogP contribution is -2.15. The first-order chi connectivity index (χ1) is 8.85. The summed E-state index contributed by atoms with van der Waals surface area (Å²) < 4.78 is 0. The van der Waals surface area contributed by atoms with Crippen molar-refractivity contribution in [3.05, 3.63) is 60.2 Å². The summed E-state index contributed by atoms with van der Waals surface area (Å²) >= 11 is 0. The maximum absolute atomic E-state index is 8.77. The normalized spacial score (nSPS) is 11.8. The fraction of sp³-hybridized carbons (Fsp3) is 0.188. The summed E-state index contributed by atoms with van der Waals surface area (Å²) in [5.41, 5.74) is 3.57. The van der Waals surface area contributed by atoms with Crippen LogP contribution in [0.2, 0.25) is 0 Å². The van der Waals surface area contributed by atoms with Gasteiger partial charge in [0.2, 0.25) is 0 Å². The smallest absolute Gasteiger partial charge is 0.0641 e. The van der Waals surface area contributed by atoms with Gasteiger partial charge < -0.3 is 5.32 Å². The summed E-state index contributed by atoms with van der Waals surface area (Å²) in [6.07, 6.45) is 0.487. The molecule has 0 heterocycles. The second kappa shape index (κ2) is 6.00. The van der Waals surface area contributed by atoms with Crippen molar-refractivity contribution in [3.63, 3.8) is 0 Å². The summed E-state index contributed by atoms with van der Waals surface area (Å²) in [7, 11) is 1.88. The fourth-order valence-electron chi connectivity index (χ4n) is 2.02. The number of nitriles is 1. The predicted octanol–water partition coefficient (Wildman–Crippen LogP) is 3.53. The van der Waals surface area contributed by atoms with Crippen molar-refractivity contribution in [3.8, 4) is 17.2 Å². The molecule has 1 atom stereocenters. The lowest BCUT2D eigenvalue weighted by Gasteiger charge is -2.13. The van der Waals surface area contributed by atoms with Gasteiger partial charge in [0.05, 0.1) is 12.5 Å². The predicted molar refractivity (Wildman–Crippen MR) is 73.9 cm³/mol. The van der Waals surface area contributed by atoms with Gasteiger partial charge in [-0.1, -0.05) is 54.6 Å². The fourth-order valence-corrected chi connectivity index (χ4v) is 2.02. The lowest BCUT2D eigenvalue weighted by atomic mass is 9.99. The van der Waals surface area contributed by atoms with Gasteiger partial charge in [-0.3, -0.25) is 0 Å². The van der Waals surface area contributed by atoms with Gasteiger partial charge in [0.15, 0.2) is 0 Å². The molecule has 0 saturated heterocycles. The SMILES string of the molecule is CNC(CC#N)c1ccc(-c2ccccc2)cc1. The topological polar surface area (TPSA) is 35.8 Å². The van der Waals surface area contributed by atoms with Gasteiger partial charge >= 0.3 is 0 Å². The van der Waals surface area contributed by atoms with Gasteiger partial charge in [0.25, 0.3) is 0 Å². The Morgan fingerprint density at radius 1 is 1.00 bits per heavy atom. The molecule has 0 aliphatic heterocycles. The minimum atomic E-state index is 0.111. The van der Waals surface area contributed by atoms with E-state index in [0.717, 1.165) is 5.56 Å². The van der Waals surface area contributed by atoms with Crippen molar-refractivity contribution in [2.45, 2.75) is 12.5 Å². The molecule has 18 heavy (non-hydrogen) atoms. The average molecular weight is 236 g/mol. The highest BCUT2D eigenvalue weighted by atomic mass is 14.9. The molecule has 2 rings (SSSR count). The van der Waals surface area contributed by atoms with Crippen molar-refractivity contribution in [1.82, 2.24) is 5.32 Å². The first-order valence-corrected chi connectivity index (χ1v) is 6.04. The Balaban J connectivity index is 2.23. The van der Waals surface area contributed by atoms with Gasteiger partial charge in [-0.05, 0) is 23.7 Å². The molecule has 2 nitrogen and oxygen atoms in total. The molecule has 2 aromatic carbocycles. The van der Waals surface area contributed by atoms with Crippen molar-refractivity contribution in [2.24, 2.45) is 0 Å². The molecular weight excluding hydrogens is 220 g/mol. The highest BCUT2D eigenvalue weighted by Crippen LogP contribution is 2.22. The molecule has 1 unspecified atom stereocenters. The Morgan fingerprint density at radius 2 is 1.61 bits per heavy atom. The molecule has 0 aromatic heterocycles. The van der Waals surface area contributed by atoms with Crippen LogP contribution in [-0.2, 0) is 0 Å². The van der Waals surface area contributed by atoms with Gasteiger partial charge in [-0.2, -0.15) is 5.26 Å². The van der Waals surface area contributed by atoms with E-state index < -0.39 is 0 Å². The third-order valence-electron chi connectivity index (χ3n) is 3.06. The Morgan fingerprint density at radius 3 is 2.17 bits per heavy atom. The Hall–Kier alpha value is -2.11. The zero-order valence-corrected chi connectivity index (χ0v) is 10.4. The average Bonchev–Trinajstić information content (AvgIpc) is 2.46. The van der Waals surface area contributed by atoms with Gasteiger partial charge in [0, 0.05) is 6.04 Å². The molecule has 2 heteroatoms. The van der Waals surface area contributed by atoms with Crippen molar-refractivity contribution in [2.75, 3.05) is 7.05 Å². The van der Waals surface area contributed by atoms with Crippen LogP contribution in [0, 0.1) is 11.3 Å². The highest BCUT2D eigenvalue weighted by molar-refractivity contribution is 5.63. The third kappa shape index (κ3) is 2.77. The zero-order chi connectivity index (χ0) is 12.8. The number of nitrogens with one attached hydrogen (secondary N) is 1. The minimum Gasteiger partial charge on any atom is -0.312 e. The summed E-state index contributed by atoms with van der Waals surface area (Å²) in [6.45, 7) is 0. The van der Waals surface area contributed by atoms with Gasteiger partial charge in [0.1, 0.15) is 0 Å². The monoisotopic (exact) mass is 236 g/mol. The van der Waals surface area contributed by atoms with Crippen LogP contribution in [0.1, 0.15) is 18.0 Å². The van der Waals surface area contributed by atoms with E-state index in [1.54, 1.807) is 0 Å². The van der Waals surface area contributed by atoms with E-state index in [1.807, 2.05) is 25.2 Å². The van der Waals surface area contributed by atoms with E-state index in [1.165, 1.54) is 11.1 Å². The van der Waals surface area contributed by atoms with E-state index in [2.05, 4.69) is 47.8 Å². The molecule has 0 radical (unpaired) electrons. The molecule has 90 valence electrons. The first kappa shape index (κ1) is 12.3. The van der Waals surface area contributed by atoms with Gasteiger partial charge in [-0.25, -0.2) is 0 Å². The van der Waals surface area contributed by atoms with E-state index >= 15 is 0 Å². The van der Waals surface area contributed by atoms with Crippen LogP contribution in [0.4, 0.5) is 0 Å². The Labute approximate surface area is 108 Å². The van der Waals surface area contributed by atoms with E-state index in [-0.39, 0.29) is 6.04 Å². The van der Waals surface area contributed by atoms with E-state index in [4.69, 9.17) is 5.26 Å². The van der Waals surface area contributed by atoms with E-state index in [9.17, 15) is 0 Å².